The fourth-order valence-electron chi connectivity index (χ4n) is 1.84. The Morgan fingerprint density at radius 2 is 2.13 bits per heavy atom. The lowest BCUT2D eigenvalue weighted by atomic mass is 10.0. The van der Waals surface area contributed by atoms with E-state index in [1.54, 1.807) is 6.92 Å². The molecule has 0 aliphatic carbocycles. The highest BCUT2D eigenvalue weighted by Crippen LogP contribution is 2.10. The quantitative estimate of drug-likeness (QED) is 0.635. The minimum Gasteiger partial charge on any atom is -0.304 e. The van der Waals surface area contributed by atoms with Crippen LogP contribution >= 0.6 is 0 Å². The molecule has 1 aliphatic rings. The van der Waals surface area contributed by atoms with E-state index >= 15 is 0 Å². The van der Waals surface area contributed by atoms with Gasteiger partial charge in [0.15, 0.2) is 0 Å². The van der Waals surface area contributed by atoms with Crippen molar-refractivity contribution >= 4 is 5.78 Å². The zero-order valence-corrected chi connectivity index (χ0v) is 9.92. The highest BCUT2D eigenvalue weighted by Gasteiger charge is 2.23. The molecule has 84 valence electrons. The van der Waals surface area contributed by atoms with Crippen LogP contribution in [0.3, 0.4) is 0 Å². The summed E-state index contributed by atoms with van der Waals surface area (Å²) in [5.41, 5.74) is 0. The molecule has 0 amide bonds. The molecule has 3 nitrogen and oxygen atoms in total. The number of hydrogen-bond acceptors (Lipinski definition) is 3. The molecule has 1 atom stereocenters. The first-order valence-corrected chi connectivity index (χ1v) is 5.43. The number of carbonyl (C=O) groups is 1. The summed E-state index contributed by atoms with van der Waals surface area (Å²) in [4.78, 5) is 16.1. The van der Waals surface area contributed by atoms with Crippen molar-refractivity contribution in [2.24, 2.45) is 0 Å². The summed E-state index contributed by atoms with van der Waals surface area (Å²) in [6.07, 6.45) is 1.04. The second kappa shape index (κ2) is 5.89. The number of nitrogens with zero attached hydrogens (tertiary/aromatic N) is 2. The second-order valence-corrected chi connectivity index (χ2v) is 4.24. The maximum Gasteiger partial charge on any atom is 0.146 e. The van der Waals surface area contributed by atoms with Crippen LogP contribution in [0.15, 0.2) is 0 Å². The average Bonchev–Trinajstić information content (AvgIpc) is 2.20. The molecule has 0 radical (unpaired) electrons. The van der Waals surface area contributed by atoms with E-state index in [4.69, 9.17) is 0 Å². The Labute approximate surface area is 92.4 Å². The molecule has 1 aliphatic heterocycles. The molecule has 0 aromatic heterocycles. The lowest BCUT2D eigenvalue weighted by molar-refractivity contribution is -0.119. The van der Waals surface area contributed by atoms with Gasteiger partial charge in [-0.2, -0.15) is 0 Å². The number of piperazine rings is 1. The van der Waals surface area contributed by atoms with Crippen molar-refractivity contribution in [2.45, 2.75) is 25.8 Å². The number of rotatable bonds is 3. The summed E-state index contributed by atoms with van der Waals surface area (Å²) < 4.78 is 0. The van der Waals surface area contributed by atoms with Crippen LogP contribution in [0.4, 0.5) is 0 Å². The number of hydrogen-bond donors (Lipinski definition) is 0. The van der Waals surface area contributed by atoms with Gasteiger partial charge in [-0.25, -0.2) is 0 Å². The van der Waals surface area contributed by atoms with Gasteiger partial charge >= 0.3 is 0 Å². The van der Waals surface area contributed by atoms with Crippen LogP contribution < -0.4 is 0 Å². The fraction of sp³-hybridized carbons (Fsp3) is 0.750. The van der Waals surface area contributed by atoms with Crippen LogP contribution in [0, 0.1) is 11.8 Å². The third kappa shape index (κ3) is 4.03. The summed E-state index contributed by atoms with van der Waals surface area (Å²) in [5, 5.41) is 0. The minimum atomic E-state index is 0.261. The maximum absolute atomic E-state index is 11.6. The summed E-state index contributed by atoms with van der Waals surface area (Å²) >= 11 is 0. The van der Waals surface area contributed by atoms with Gasteiger partial charge in [-0.15, -0.1) is 5.92 Å². The molecule has 1 heterocycles. The smallest absolute Gasteiger partial charge is 0.146 e. The van der Waals surface area contributed by atoms with Gasteiger partial charge in [-0.05, 0) is 21.0 Å². The van der Waals surface area contributed by atoms with Crippen molar-refractivity contribution in [3.8, 4) is 11.8 Å². The Hall–Kier alpha value is -0.850. The molecule has 1 unspecified atom stereocenters. The highest BCUT2D eigenvalue weighted by molar-refractivity contribution is 5.81. The van der Waals surface area contributed by atoms with Crippen LogP contribution in [0.5, 0.6) is 0 Å². The lowest BCUT2D eigenvalue weighted by Crippen LogP contribution is -2.50. The van der Waals surface area contributed by atoms with E-state index in [1.165, 1.54) is 0 Å². The summed E-state index contributed by atoms with van der Waals surface area (Å²) in [6.45, 7) is 4.90. The summed E-state index contributed by atoms with van der Waals surface area (Å²) in [5.74, 6) is 5.85. The first-order chi connectivity index (χ1) is 7.13. The normalized spacial score (nSPS) is 23.3. The number of carbonyl (C=O) groups excluding carboxylic acids is 1. The lowest BCUT2D eigenvalue weighted by Gasteiger charge is -2.37. The van der Waals surface area contributed by atoms with E-state index in [9.17, 15) is 4.79 Å². The topological polar surface area (TPSA) is 23.6 Å². The fourth-order valence-corrected chi connectivity index (χ4v) is 1.84. The SMILES string of the molecule is CC#CCC(=O)CC1CN(C)CCN1C. The molecular formula is C12H20N2O. The molecule has 3 heteroatoms. The zero-order valence-electron chi connectivity index (χ0n) is 9.92. The Morgan fingerprint density at radius 1 is 1.40 bits per heavy atom. The number of Topliss-reactive ketones (excluding diaryl/α,β-unsaturated/α-hetero) is 1. The predicted molar refractivity (Wildman–Crippen MR) is 61.6 cm³/mol. The Bertz CT molecular complexity index is 277. The molecule has 0 aromatic carbocycles. The van der Waals surface area contributed by atoms with E-state index in [-0.39, 0.29) is 5.78 Å². The number of ketones is 1. The minimum absolute atomic E-state index is 0.261. The molecule has 15 heavy (non-hydrogen) atoms. The third-order valence-corrected chi connectivity index (χ3v) is 2.91. The van der Waals surface area contributed by atoms with Crippen LogP contribution in [0.25, 0.3) is 0 Å². The molecule has 0 bridgehead atoms. The molecule has 0 N–H and O–H groups in total. The van der Waals surface area contributed by atoms with E-state index < -0.39 is 0 Å². The average molecular weight is 208 g/mol. The van der Waals surface area contributed by atoms with Gasteiger partial charge in [0.05, 0.1) is 6.42 Å². The molecule has 1 fully saturated rings. The summed E-state index contributed by atoms with van der Waals surface area (Å²) in [6, 6.07) is 0.370. The van der Waals surface area contributed by atoms with Crippen LogP contribution in [0.2, 0.25) is 0 Å². The van der Waals surface area contributed by atoms with Crippen molar-refractivity contribution in [2.75, 3.05) is 33.7 Å². The van der Waals surface area contributed by atoms with Crippen molar-refractivity contribution < 1.29 is 4.79 Å². The third-order valence-electron chi connectivity index (χ3n) is 2.91. The largest absolute Gasteiger partial charge is 0.304 e. The highest BCUT2D eigenvalue weighted by atomic mass is 16.1. The summed E-state index contributed by atoms with van der Waals surface area (Å²) in [7, 11) is 4.20. The van der Waals surface area contributed by atoms with E-state index in [0.29, 0.717) is 18.9 Å². The maximum atomic E-state index is 11.6. The van der Waals surface area contributed by atoms with Crippen molar-refractivity contribution in [1.82, 2.24) is 9.80 Å². The van der Waals surface area contributed by atoms with Gasteiger partial charge in [0, 0.05) is 32.1 Å². The van der Waals surface area contributed by atoms with Gasteiger partial charge in [0.25, 0.3) is 0 Å². The second-order valence-electron chi connectivity index (χ2n) is 4.24. The van der Waals surface area contributed by atoms with Crippen LogP contribution in [-0.2, 0) is 4.79 Å². The van der Waals surface area contributed by atoms with Gasteiger partial charge in [0.2, 0.25) is 0 Å². The molecule has 1 saturated heterocycles. The predicted octanol–water partition coefficient (Wildman–Crippen LogP) is 0.605. The zero-order chi connectivity index (χ0) is 11.3. The van der Waals surface area contributed by atoms with Crippen molar-refractivity contribution in [1.29, 1.82) is 0 Å². The van der Waals surface area contributed by atoms with Gasteiger partial charge in [0.1, 0.15) is 5.78 Å². The van der Waals surface area contributed by atoms with Crippen molar-refractivity contribution in [3.63, 3.8) is 0 Å². The molecule has 1 rings (SSSR count). The Morgan fingerprint density at radius 3 is 2.80 bits per heavy atom. The van der Waals surface area contributed by atoms with E-state index in [0.717, 1.165) is 19.6 Å². The van der Waals surface area contributed by atoms with E-state index in [2.05, 4.69) is 35.7 Å². The van der Waals surface area contributed by atoms with E-state index in [1.807, 2.05) is 0 Å². The van der Waals surface area contributed by atoms with Crippen LogP contribution in [-0.4, -0.2) is 55.4 Å². The first kappa shape index (κ1) is 12.2. The van der Waals surface area contributed by atoms with Crippen LogP contribution in [0.1, 0.15) is 19.8 Å². The van der Waals surface area contributed by atoms with Gasteiger partial charge in [-0.3, -0.25) is 4.79 Å². The standard InChI is InChI=1S/C12H20N2O/c1-4-5-6-12(15)9-11-10-13(2)7-8-14(11)3/h11H,6-10H2,1-3H3. The molecule has 0 aromatic rings. The Balaban J connectivity index is 2.40. The molecular weight excluding hydrogens is 188 g/mol. The number of likely N-dealkylation sites (N-methyl/N-ethyl adjacent to an activating group) is 2. The molecule has 0 spiro atoms. The first-order valence-electron chi connectivity index (χ1n) is 5.43. The van der Waals surface area contributed by atoms with Gasteiger partial charge < -0.3 is 9.80 Å². The monoisotopic (exact) mass is 208 g/mol. The van der Waals surface area contributed by atoms with Gasteiger partial charge in [-0.1, -0.05) is 5.92 Å². The van der Waals surface area contributed by atoms with Crippen molar-refractivity contribution in [3.05, 3.63) is 0 Å². The molecule has 0 saturated carbocycles. The Kier molecular flexibility index (Phi) is 4.80.